The third kappa shape index (κ3) is 2.08. The number of aromatic nitrogens is 4. The molecule has 0 saturated heterocycles. The van der Waals surface area contributed by atoms with E-state index in [0.717, 1.165) is 21.1 Å². The molecule has 3 heterocycles. The Morgan fingerprint density at radius 2 is 2.10 bits per heavy atom. The van der Waals surface area contributed by atoms with E-state index in [1.165, 1.54) is 12.8 Å². The summed E-state index contributed by atoms with van der Waals surface area (Å²) in [4.78, 5) is 10.1. The minimum atomic E-state index is 0.292. The first kappa shape index (κ1) is 11.9. The minimum Gasteiger partial charge on any atom is -0.408 e. The number of hydrogen-bond acceptors (Lipinski definition) is 6. The lowest BCUT2D eigenvalue weighted by Gasteiger charge is -1.93. The molecule has 1 aliphatic rings. The maximum atomic E-state index is 5.44. The second-order valence-electron chi connectivity index (χ2n) is 4.66. The summed E-state index contributed by atoms with van der Waals surface area (Å²) < 4.78 is 5.44. The van der Waals surface area contributed by atoms with Gasteiger partial charge in [-0.05, 0) is 37.2 Å². The van der Waals surface area contributed by atoms with Gasteiger partial charge in [-0.2, -0.15) is 0 Å². The average molecular weight is 302 g/mol. The molecule has 7 heteroatoms. The van der Waals surface area contributed by atoms with Crippen LogP contribution in [0.25, 0.3) is 21.3 Å². The molecule has 100 valence electrons. The molecule has 1 aliphatic carbocycles. The smallest absolute Gasteiger partial charge is 0.284 e. The van der Waals surface area contributed by atoms with E-state index in [2.05, 4.69) is 15.2 Å². The molecule has 20 heavy (non-hydrogen) atoms. The van der Waals surface area contributed by atoms with Crippen LogP contribution in [0.15, 0.2) is 28.9 Å². The first-order chi connectivity index (χ1) is 9.81. The van der Waals surface area contributed by atoms with Crippen molar-refractivity contribution in [1.29, 1.82) is 0 Å². The maximum absolute atomic E-state index is 5.44. The number of nitrogens with one attached hydrogen (secondary N) is 1. The van der Waals surface area contributed by atoms with Crippen molar-refractivity contribution in [3.63, 3.8) is 0 Å². The van der Waals surface area contributed by atoms with Crippen molar-refractivity contribution in [2.24, 2.45) is 0 Å². The third-order valence-electron chi connectivity index (χ3n) is 3.18. The molecule has 0 unspecified atom stereocenters. The molecule has 0 spiro atoms. The number of H-pyrrole nitrogens is 1. The van der Waals surface area contributed by atoms with Crippen LogP contribution in [-0.4, -0.2) is 20.2 Å². The number of nitrogens with zero attached hydrogens (tertiary/aromatic N) is 3. The normalized spacial score (nSPS) is 14.6. The largest absolute Gasteiger partial charge is 0.408 e. The van der Waals surface area contributed by atoms with Gasteiger partial charge in [-0.15, -0.1) is 16.4 Å². The summed E-state index contributed by atoms with van der Waals surface area (Å²) in [7, 11) is 0. The van der Waals surface area contributed by atoms with Crippen molar-refractivity contribution in [2.45, 2.75) is 18.8 Å². The summed E-state index contributed by atoms with van der Waals surface area (Å²) in [6.45, 7) is 0. The Bertz CT molecular complexity index is 801. The van der Waals surface area contributed by atoms with Gasteiger partial charge in [0.2, 0.25) is 0 Å². The van der Waals surface area contributed by atoms with E-state index in [9.17, 15) is 0 Å². The Morgan fingerprint density at radius 3 is 2.75 bits per heavy atom. The molecule has 1 saturated carbocycles. The SMILES string of the molecule is S=c1[nH]nc(-c2sc(-c3ccncc3)nc2C2CC2)o1. The highest BCUT2D eigenvalue weighted by Gasteiger charge is 2.32. The van der Waals surface area contributed by atoms with Crippen LogP contribution in [0.1, 0.15) is 24.5 Å². The van der Waals surface area contributed by atoms with Crippen LogP contribution in [0.3, 0.4) is 0 Å². The molecular weight excluding hydrogens is 292 g/mol. The van der Waals surface area contributed by atoms with Gasteiger partial charge in [-0.3, -0.25) is 4.98 Å². The molecule has 5 nitrogen and oxygen atoms in total. The first-order valence-electron chi connectivity index (χ1n) is 6.28. The van der Waals surface area contributed by atoms with Gasteiger partial charge < -0.3 is 4.42 Å². The molecule has 4 rings (SSSR count). The van der Waals surface area contributed by atoms with Crippen LogP contribution in [-0.2, 0) is 0 Å². The molecule has 0 aromatic carbocycles. The molecule has 3 aromatic rings. The maximum Gasteiger partial charge on any atom is 0.284 e. The zero-order chi connectivity index (χ0) is 13.5. The zero-order valence-corrected chi connectivity index (χ0v) is 12.0. The predicted octanol–water partition coefficient (Wildman–Crippen LogP) is 3.80. The highest BCUT2D eigenvalue weighted by Crippen LogP contribution is 2.47. The number of pyridine rings is 1. The fraction of sp³-hybridized carbons (Fsp3) is 0.231. The van der Waals surface area contributed by atoms with Gasteiger partial charge in [-0.25, -0.2) is 10.1 Å². The Morgan fingerprint density at radius 1 is 1.30 bits per heavy atom. The first-order valence-corrected chi connectivity index (χ1v) is 7.51. The van der Waals surface area contributed by atoms with E-state index >= 15 is 0 Å². The summed E-state index contributed by atoms with van der Waals surface area (Å²) >= 11 is 6.53. The van der Waals surface area contributed by atoms with E-state index in [0.29, 0.717) is 16.6 Å². The quantitative estimate of drug-likeness (QED) is 0.745. The lowest BCUT2D eigenvalue weighted by atomic mass is 10.2. The number of hydrogen-bond donors (Lipinski definition) is 1. The van der Waals surface area contributed by atoms with Gasteiger partial charge in [0.25, 0.3) is 10.7 Å². The molecule has 1 N–H and O–H groups in total. The summed E-state index contributed by atoms with van der Waals surface area (Å²) in [6.07, 6.45) is 5.90. The monoisotopic (exact) mass is 302 g/mol. The van der Waals surface area contributed by atoms with Crippen molar-refractivity contribution < 1.29 is 4.42 Å². The lowest BCUT2D eigenvalue weighted by molar-refractivity contribution is 0.552. The molecule has 0 aliphatic heterocycles. The van der Waals surface area contributed by atoms with Crippen molar-refractivity contribution in [3.8, 4) is 21.3 Å². The standard InChI is InChI=1S/C13H10N4OS2/c19-13-17-16-11(18-13)10-9(7-1-2-7)15-12(20-10)8-3-5-14-6-4-8/h3-7H,1-2H2,(H,17,19). The topological polar surface area (TPSA) is 67.6 Å². The van der Waals surface area contributed by atoms with Crippen LogP contribution in [0, 0.1) is 4.84 Å². The fourth-order valence-corrected chi connectivity index (χ4v) is 3.27. The molecular formula is C13H10N4OS2. The Kier molecular flexibility index (Phi) is 2.75. The lowest BCUT2D eigenvalue weighted by Crippen LogP contribution is -1.84. The van der Waals surface area contributed by atoms with Gasteiger partial charge >= 0.3 is 0 Å². The fourth-order valence-electron chi connectivity index (χ4n) is 2.06. The van der Waals surface area contributed by atoms with E-state index in [1.54, 1.807) is 23.7 Å². The highest BCUT2D eigenvalue weighted by molar-refractivity contribution is 7.71. The van der Waals surface area contributed by atoms with Gasteiger partial charge in [0.15, 0.2) is 0 Å². The van der Waals surface area contributed by atoms with E-state index in [-0.39, 0.29) is 0 Å². The molecule has 1 fully saturated rings. The third-order valence-corrected chi connectivity index (χ3v) is 4.46. The summed E-state index contributed by atoms with van der Waals surface area (Å²) in [5.41, 5.74) is 2.14. The molecule has 0 radical (unpaired) electrons. The van der Waals surface area contributed by atoms with E-state index in [4.69, 9.17) is 21.6 Å². The second-order valence-corrected chi connectivity index (χ2v) is 6.03. The number of thiazole rings is 1. The van der Waals surface area contributed by atoms with Crippen LogP contribution in [0.5, 0.6) is 0 Å². The summed E-state index contributed by atoms with van der Waals surface area (Å²) in [5.74, 6) is 1.06. The van der Waals surface area contributed by atoms with Gasteiger partial charge in [-0.1, -0.05) is 0 Å². The minimum absolute atomic E-state index is 0.292. The predicted molar refractivity (Wildman–Crippen MR) is 78.0 cm³/mol. The van der Waals surface area contributed by atoms with Gasteiger partial charge in [0.1, 0.15) is 9.88 Å². The average Bonchev–Trinajstić information content (AvgIpc) is 3.08. The second kappa shape index (κ2) is 4.60. The Balaban J connectivity index is 1.86. The van der Waals surface area contributed by atoms with Gasteiger partial charge in [0, 0.05) is 23.9 Å². The molecule has 3 aromatic heterocycles. The molecule has 0 amide bonds. The molecule has 0 atom stereocenters. The van der Waals surface area contributed by atoms with Crippen LogP contribution in [0.2, 0.25) is 0 Å². The summed E-state index contributed by atoms with van der Waals surface area (Å²) in [6, 6.07) is 3.92. The van der Waals surface area contributed by atoms with Crippen molar-refractivity contribution in [3.05, 3.63) is 35.1 Å². The van der Waals surface area contributed by atoms with Crippen LogP contribution < -0.4 is 0 Å². The summed E-state index contributed by atoms with van der Waals surface area (Å²) in [5, 5.41) is 7.76. The van der Waals surface area contributed by atoms with E-state index in [1.807, 2.05) is 12.1 Å². The Labute approximate surface area is 123 Å². The number of rotatable bonds is 3. The Hall–Kier alpha value is -1.86. The van der Waals surface area contributed by atoms with Crippen LogP contribution >= 0.6 is 23.6 Å². The van der Waals surface area contributed by atoms with Crippen molar-refractivity contribution in [1.82, 2.24) is 20.2 Å². The highest BCUT2D eigenvalue weighted by atomic mass is 32.1. The zero-order valence-electron chi connectivity index (χ0n) is 10.4. The molecule has 0 bridgehead atoms. The van der Waals surface area contributed by atoms with Gasteiger partial charge in [0.05, 0.1) is 5.69 Å². The number of aromatic amines is 1. The van der Waals surface area contributed by atoms with Crippen molar-refractivity contribution >= 4 is 23.6 Å². The van der Waals surface area contributed by atoms with E-state index < -0.39 is 0 Å². The van der Waals surface area contributed by atoms with Crippen LogP contribution in [0.4, 0.5) is 0 Å². The van der Waals surface area contributed by atoms with Crippen molar-refractivity contribution in [2.75, 3.05) is 0 Å².